The second-order valence-electron chi connectivity index (χ2n) is 6.79. The van der Waals surface area contributed by atoms with E-state index in [2.05, 4.69) is 20.4 Å². The van der Waals surface area contributed by atoms with Crippen molar-refractivity contribution in [2.24, 2.45) is 0 Å². The predicted molar refractivity (Wildman–Crippen MR) is 99.0 cm³/mol. The van der Waals surface area contributed by atoms with Crippen LogP contribution in [0.25, 0.3) is 0 Å². The second-order valence-corrected chi connectivity index (χ2v) is 6.79. The molecule has 0 radical (unpaired) electrons. The smallest absolute Gasteiger partial charge is 0.242 e. The summed E-state index contributed by atoms with van der Waals surface area (Å²) < 4.78 is 5.55. The van der Waals surface area contributed by atoms with Gasteiger partial charge in [0.05, 0.1) is 12.5 Å². The molecule has 8 heteroatoms. The molecule has 1 aromatic heterocycles. The molecule has 1 saturated heterocycles. The SMILES string of the molecule is Cc1nnc(C(CC(=O)NCC(=O)N2CCN(C)CC2)c2ccccc2)o1. The van der Waals surface area contributed by atoms with Gasteiger partial charge in [0, 0.05) is 39.5 Å². The molecule has 3 rings (SSSR count). The Kier molecular flexibility index (Phi) is 6.18. The van der Waals surface area contributed by atoms with Crippen molar-refractivity contribution in [3.05, 3.63) is 47.7 Å². The van der Waals surface area contributed by atoms with Gasteiger partial charge in [0.25, 0.3) is 0 Å². The first-order chi connectivity index (χ1) is 13.0. The molecule has 1 aliphatic heterocycles. The van der Waals surface area contributed by atoms with Crippen LogP contribution in [-0.2, 0) is 9.59 Å². The number of carbonyl (C=O) groups excluding carboxylic acids is 2. The zero-order valence-electron chi connectivity index (χ0n) is 15.7. The van der Waals surface area contributed by atoms with Crippen molar-refractivity contribution in [2.45, 2.75) is 19.3 Å². The number of carbonyl (C=O) groups is 2. The van der Waals surface area contributed by atoms with Crippen LogP contribution in [-0.4, -0.2) is 71.6 Å². The zero-order chi connectivity index (χ0) is 19.2. The van der Waals surface area contributed by atoms with E-state index in [1.54, 1.807) is 11.8 Å². The zero-order valence-corrected chi connectivity index (χ0v) is 15.7. The molecule has 0 spiro atoms. The van der Waals surface area contributed by atoms with Crippen molar-refractivity contribution in [1.29, 1.82) is 0 Å². The van der Waals surface area contributed by atoms with E-state index >= 15 is 0 Å². The Morgan fingerprint density at radius 1 is 1.15 bits per heavy atom. The third-order valence-corrected chi connectivity index (χ3v) is 4.72. The molecule has 2 heterocycles. The van der Waals surface area contributed by atoms with Gasteiger partial charge < -0.3 is 19.5 Å². The summed E-state index contributed by atoms with van der Waals surface area (Å²) in [7, 11) is 2.03. The monoisotopic (exact) mass is 371 g/mol. The van der Waals surface area contributed by atoms with Crippen LogP contribution in [0.2, 0.25) is 0 Å². The molecule has 1 fully saturated rings. The maximum absolute atomic E-state index is 12.5. The van der Waals surface area contributed by atoms with Crippen LogP contribution in [0.4, 0.5) is 0 Å². The lowest BCUT2D eigenvalue weighted by molar-refractivity contribution is -0.134. The van der Waals surface area contributed by atoms with Crippen LogP contribution in [0.15, 0.2) is 34.7 Å². The van der Waals surface area contributed by atoms with Gasteiger partial charge in [-0.1, -0.05) is 30.3 Å². The molecule has 144 valence electrons. The van der Waals surface area contributed by atoms with Crippen LogP contribution in [0, 0.1) is 6.92 Å². The van der Waals surface area contributed by atoms with Crippen LogP contribution in [0.3, 0.4) is 0 Å². The Bertz CT molecular complexity index is 769. The summed E-state index contributed by atoms with van der Waals surface area (Å²) in [5.74, 6) is 0.241. The number of aryl methyl sites for hydroxylation is 1. The van der Waals surface area contributed by atoms with Crippen LogP contribution in [0.5, 0.6) is 0 Å². The first kappa shape index (κ1) is 19.0. The fourth-order valence-electron chi connectivity index (χ4n) is 3.09. The highest BCUT2D eigenvalue weighted by Crippen LogP contribution is 2.26. The van der Waals surface area contributed by atoms with Crippen molar-refractivity contribution in [2.75, 3.05) is 39.8 Å². The number of hydrogen-bond acceptors (Lipinski definition) is 6. The van der Waals surface area contributed by atoms with Crippen molar-refractivity contribution in [3.8, 4) is 0 Å². The summed E-state index contributed by atoms with van der Waals surface area (Å²) >= 11 is 0. The number of aromatic nitrogens is 2. The van der Waals surface area contributed by atoms with Gasteiger partial charge in [-0.05, 0) is 12.6 Å². The number of nitrogens with one attached hydrogen (secondary N) is 1. The molecule has 2 amide bonds. The number of piperazine rings is 1. The number of nitrogens with zero attached hydrogens (tertiary/aromatic N) is 4. The minimum atomic E-state index is -0.342. The van der Waals surface area contributed by atoms with Gasteiger partial charge in [0.15, 0.2) is 0 Å². The third kappa shape index (κ3) is 5.13. The van der Waals surface area contributed by atoms with Crippen molar-refractivity contribution in [1.82, 2.24) is 25.3 Å². The van der Waals surface area contributed by atoms with Gasteiger partial charge in [-0.2, -0.15) is 0 Å². The van der Waals surface area contributed by atoms with Gasteiger partial charge in [0.1, 0.15) is 0 Å². The molecule has 0 aliphatic carbocycles. The van der Waals surface area contributed by atoms with E-state index in [-0.39, 0.29) is 30.7 Å². The van der Waals surface area contributed by atoms with E-state index in [1.807, 2.05) is 37.4 Å². The van der Waals surface area contributed by atoms with E-state index in [4.69, 9.17) is 4.42 Å². The van der Waals surface area contributed by atoms with Gasteiger partial charge in [-0.15, -0.1) is 10.2 Å². The minimum absolute atomic E-state index is 0.00686. The van der Waals surface area contributed by atoms with E-state index in [0.717, 1.165) is 18.7 Å². The lowest BCUT2D eigenvalue weighted by atomic mass is 9.95. The average molecular weight is 371 g/mol. The molecule has 1 atom stereocenters. The number of benzene rings is 1. The van der Waals surface area contributed by atoms with Gasteiger partial charge in [-0.3, -0.25) is 9.59 Å². The first-order valence-corrected chi connectivity index (χ1v) is 9.11. The number of likely N-dealkylation sites (N-methyl/N-ethyl adjacent to an activating group) is 1. The summed E-state index contributed by atoms with van der Waals surface area (Å²) in [5.41, 5.74) is 0.918. The van der Waals surface area contributed by atoms with Crippen LogP contribution < -0.4 is 5.32 Å². The summed E-state index contributed by atoms with van der Waals surface area (Å²) in [6.07, 6.45) is 0.141. The first-order valence-electron chi connectivity index (χ1n) is 9.11. The maximum atomic E-state index is 12.5. The fourth-order valence-corrected chi connectivity index (χ4v) is 3.09. The van der Waals surface area contributed by atoms with Crippen molar-refractivity contribution >= 4 is 11.8 Å². The molecule has 1 aromatic carbocycles. The Balaban J connectivity index is 1.59. The predicted octanol–water partition coefficient (Wildman–Crippen LogP) is 0.790. The Morgan fingerprint density at radius 3 is 2.48 bits per heavy atom. The fraction of sp³-hybridized carbons (Fsp3) is 0.474. The molecule has 0 bridgehead atoms. The molecule has 2 aromatic rings. The third-order valence-electron chi connectivity index (χ3n) is 4.72. The normalized spacial score (nSPS) is 16.1. The molecule has 0 saturated carbocycles. The molecule has 1 aliphatic rings. The minimum Gasteiger partial charge on any atom is -0.425 e. The molecular formula is C19H25N5O3. The quantitative estimate of drug-likeness (QED) is 0.807. The highest BCUT2D eigenvalue weighted by atomic mass is 16.4. The van der Waals surface area contributed by atoms with Crippen LogP contribution >= 0.6 is 0 Å². The maximum Gasteiger partial charge on any atom is 0.242 e. The lowest BCUT2D eigenvalue weighted by Gasteiger charge is -2.32. The van der Waals surface area contributed by atoms with E-state index in [1.165, 1.54) is 0 Å². The number of hydrogen-bond donors (Lipinski definition) is 1. The molecule has 1 N–H and O–H groups in total. The van der Waals surface area contributed by atoms with Crippen LogP contribution in [0.1, 0.15) is 29.7 Å². The summed E-state index contributed by atoms with van der Waals surface area (Å²) in [5, 5.41) is 10.7. The summed E-state index contributed by atoms with van der Waals surface area (Å²) in [6.45, 7) is 4.82. The van der Waals surface area contributed by atoms with Crippen molar-refractivity contribution < 1.29 is 14.0 Å². The summed E-state index contributed by atoms with van der Waals surface area (Å²) in [4.78, 5) is 28.7. The average Bonchev–Trinajstić information content (AvgIpc) is 3.11. The van der Waals surface area contributed by atoms with E-state index < -0.39 is 0 Å². The summed E-state index contributed by atoms with van der Waals surface area (Å²) in [6, 6.07) is 9.56. The van der Waals surface area contributed by atoms with E-state index in [9.17, 15) is 9.59 Å². The molecule has 1 unspecified atom stereocenters. The largest absolute Gasteiger partial charge is 0.425 e. The van der Waals surface area contributed by atoms with Gasteiger partial charge in [0.2, 0.25) is 23.6 Å². The molecule has 8 nitrogen and oxygen atoms in total. The Labute approximate surface area is 158 Å². The number of amides is 2. The second kappa shape index (κ2) is 8.77. The van der Waals surface area contributed by atoms with E-state index in [0.29, 0.717) is 24.9 Å². The van der Waals surface area contributed by atoms with Crippen molar-refractivity contribution in [3.63, 3.8) is 0 Å². The Morgan fingerprint density at radius 2 is 1.85 bits per heavy atom. The number of rotatable bonds is 6. The standard InChI is InChI=1S/C19H25N5O3/c1-14-21-22-19(27-14)16(15-6-4-3-5-7-15)12-17(25)20-13-18(26)24-10-8-23(2)9-11-24/h3-7,16H,8-13H2,1-2H3,(H,20,25). The molecular weight excluding hydrogens is 346 g/mol. The highest BCUT2D eigenvalue weighted by Gasteiger charge is 2.24. The highest BCUT2D eigenvalue weighted by molar-refractivity contribution is 5.85. The topological polar surface area (TPSA) is 91.6 Å². The molecule has 27 heavy (non-hydrogen) atoms. The van der Waals surface area contributed by atoms with Gasteiger partial charge in [-0.25, -0.2) is 0 Å². The Hall–Kier alpha value is -2.74. The lowest BCUT2D eigenvalue weighted by Crippen LogP contribution is -2.50. The van der Waals surface area contributed by atoms with Gasteiger partial charge >= 0.3 is 0 Å².